The minimum absolute atomic E-state index is 0.204. The van der Waals surface area contributed by atoms with Crippen LogP contribution in [0.1, 0.15) is 39.7 Å². The van der Waals surface area contributed by atoms with Gasteiger partial charge in [0.05, 0.1) is 10.7 Å². The molecular weight excluding hydrogens is 378 g/mol. The summed E-state index contributed by atoms with van der Waals surface area (Å²) in [6.07, 6.45) is 0.788. The molecule has 6 nitrogen and oxygen atoms in total. The van der Waals surface area contributed by atoms with Crippen molar-refractivity contribution in [3.63, 3.8) is 0 Å². The normalized spacial score (nSPS) is 10.9. The minimum atomic E-state index is -0.242. The molecule has 0 saturated heterocycles. The van der Waals surface area contributed by atoms with E-state index in [2.05, 4.69) is 10.4 Å². The molecule has 2 aromatic heterocycles. The Morgan fingerprint density at radius 2 is 2.07 bits per heavy atom. The van der Waals surface area contributed by atoms with Gasteiger partial charge >= 0.3 is 0 Å². The van der Waals surface area contributed by atoms with Gasteiger partial charge in [-0.05, 0) is 57.0 Å². The van der Waals surface area contributed by atoms with Gasteiger partial charge in [0.15, 0.2) is 5.76 Å². The van der Waals surface area contributed by atoms with E-state index in [1.54, 1.807) is 18.2 Å². The molecule has 0 bridgehead atoms. The molecule has 1 aromatic carbocycles. The van der Waals surface area contributed by atoms with E-state index < -0.39 is 0 Å². The fourth-order valence-electron chi connectivity index (χ4n) is 2.94. The molecule has 0 radical (unpaired) electrons. The minimum Gasteiger partial charge on any atom is -0.484 e. The van der Waals surface area contributed by atoms with Crippen molar-refractivity contribution in [2.24, 2.45) is 0 Å². The number of rotatable bonds is 8. The lowest BCUT2D eigenvalue weighted by Crippen LogP contribution is -2.25. The summed E-state index contributed by atoms with van der Waals surface area (Å²) in [7, 11) is 0. The summed E-state index contributed by atoms with van der Waals surface area (Å²) in [6, 6.07) is 11.0. The molecule has 0 aliphatic heterocycles. The molecule has 148 valence electrons. The first kappa shape index (κ1) is 20.0. The highest BCUT2D eigenvalue weighted by molar-refractivity contribution is 6.32. The molecule has 1 amide bonds. The van der Waals surface area contributed by atoms with Crippen molar-refractivity contribution in [2.75, 3.05) is 6.54 Å². The SMILES string of the molecule is Cc1cc(C)n(CCCNC(=O)c2ccc(COc3c(C)cccc3Cl)o2)n1. The molecule has 0 spiro atoms. The van der Waals surface area contributed by atoms with Gasteiger partial charge < -0.3 is 14.5 Å². The number of benzene rings is 1. The third-order valence-corrected chi connectivity index (χ3v) is 4.64. The number of para-hydroxylation sites is 1. The molecule has 0 aliphatic rings. The average molecular weight is 402 g/mol. The molecular formula is C21H24ClN3O3. The molecule has 28 heavy (non-hydrogen) atoms. The van der Waals surface area contributed by atoms with Gasteiger partial charge in [-0.3, -0.25) is 9.48 Å². The topological polar surface area (TPSA) is 69.3 Å². The van der Waals surface area contributed by atoms with Crippen LogP contribution in [0.25, 0.3) is 0 Å². The largest absolute Gasteiger partial charge is 0.484 e. The Morgan fingerprint density at radius 3 is 2.79 bits per heavy atom. The Bertz CT molecular complexity index is 941. The second-order valence-electron chi connectivity index (χ2n) is 6.70. The number of amides is 1. The van der Waals surface area contributed by atoms with E-state index >= 15 is 0 Å². The summed E-state index contributed by atoms with van der Waals surface area (Å²) >= 11 is 6.15. The van der Waals surface area contributed by atoms with Crippen molar-refractivity contribution in [3.05, 3.63) is 69.9 Å². The van der Waals surface area contributed by atoms with Crippen LogP contribution < -0.4 is 10.1 Å². The van der Waals surface area contributed by atoms with Gasteiger partial charge in [0, 0.05) is 18.8 Å². The van der Waals surface area contributed by atoms with Crippen LogP contribution in [-0.2, 0) is 13.2 Å². The lowest BCUT2D eigenvalue weighted by molar-refractivity contribution is 0.0920. The molecule has 7 heteroatoms. The number of furan rings is 1. The number of hydrogen-bond donors (Lipinski definition) is 1. The van der Waals surface area contributed by atoms with E-state index in [1.165, 1.54) is 0 Å². The van der Waals surface area contributed by atoms with Crippen LogP contribution in [0.2, 0.25) is 5.02 Å². The van der Waals surface area contributed by atoms with Crippen molar-refractivity contribution in [3.8, 4) is 5.75 Å². The maximum atomic E-state index is 12.2. The molecule has 0 atom stereocenters. The summed E-state index contributed by atoms with van der Waals surface area (Å²) in [5.41, 5.74) is 3.06. The molecule has 0 saturated carbocycles. The average Bonchev–Trinajstić information content (AvgIpc) is 3.24. The third-order valence-electron chi connectivity index (χ3n) is 4.34. The Morgan fingerprint density at radius 1 is 1.25 bits per heavy atom. The summed E-state index contributed by atoms with van der Waals surface area (Å²) in [4.78, 5) is 12.2. The van der Waals surface area contributed by atoms with E-state index in [9.17, 15) is 4.79 Å². The standard InChI is InChI=1S/C21H24ClN3O3/c1-14-6-4-7-18(22)20(14)27-13-17-8-9-19(28-17)21(26)23-10-5-11-25-16(3)12-15(2)24-25/h4,6-9,12H,5,10-11,13H2,1-3H3,(H,23,26). The third kappa shape index (κ3) is 4.95. The highest BCUT2D eigenvalue weighted by Gasteiger charge is 2.12. The van der Waals surface area contributed by atoms with Gasteiger partial charge in [0.25, 0.3) is 5.91 Å². The monoisotopic (exact) mass is 401 g/mol. The number of hydrogen-bond acceptors (Lipinski definition) is 4. The van der Waals surface area contributed by atoms with Crippen molar-refractivity contribution in [1.29, 1.82) is 0 Å². The second-order valence-corrected chi connectivity index (χ2v) is 7.11. The number of halogens is 1. The fourth-order valence-corrected chi connectivity index (χ4v) is 3.22. The maximum absolute atomic E-state index is 12.2. The van der Waals surface area contributed by atoms with Crippen LogP contribution in [0.4, 0.5) is 0 Å². The van der Waals surface area contributed by atoms with Crippen LogP contribution in [0.15, 0.2) is 40.8 Å². The number of carbonyl (C=O) groups is 1. The Kier molecular flexibility index (Phi) is 6.41. The van der Waals surface area contributed by atoms with Gasteiger partial charge in [-0.15, -0.1) is 0 Å². The predicted octanol–water partition coefficient (Wildman–Crippen LogP) is 4.45. The zero-order valence-corrected chi connectivity index (χ0v) is 17.0. The summed E-state index contributed by atoms with van der Waals surface area (Å²) in [6.45, 7) is 7.42. The molecule has 3 aromatic rings. The highest BCUT2D eigenvalue weighted by atomic mass is 35.5. The van der Waals surface area contributed by atoms with E-state index in [0.29, 0.717) is 23.1 Å². The predicted molar refractivity (Wildman–Crippen MR) is 108 cm³/mol. The quantitative estimate of drug-likeness (QED) is 0.566. The Labute approximate surface area is 169 Å². The van der Waals surface area contributed by atoms with Crippen LogP contribution >= 0.6 is 11.6 Å². The number of carbonyl (C=O) groups excluding carboxylic acids is 1. The first-order valence-electron chi connectivity index (χ1n) is 9.20. The highest BCUT2D eigenvalue weighted by Crippen LogP contribution is 2.28. The van der Waals surface area contributed by atoms with Crippen LogP contribution in [0.5, 0.6) is 5.75 Å². The van der Waals surface area contributed by atoms with E-state index in [1.807, 2.05) is 43.7 Å². The zero-order valence-electron chi connectivity index (χ0n) is 16.3. The second kappa shape index (κ2) is 8.97. The molecule has 0 aliphatic carbocycles. The molecule has 1 N–H and O–H groups in total. The Balaban J connectivity index is 1.46. The molecule has 2 heterocycles. The number of nitrogens with zero attached hydrogens (tertiary/aromatic N) is 2. The molecule has 3 rings (SSSR count). The van der Waals surface area contributed by atoms with Crippen molar-refractivity contribution < 1.29 is 13.9 Å². The summed E-state index contributed by atoms with van der Waals surface area (Å²) < 4.78 is 13.3. The van der Waals surface area contributed by atoms with Gasteiger partial charge in [0.1, 0.15) is 18.1 Å². The van der Waals surface area contributed by atoms with Gasteiger partial charge in [-0.25, -0.2) is 0 Å². The van der Waals surface area contributed by atoms with Crippen molar-refractivity contribution in [1.82, 2.24) is 15.1 Å². The van der Waals surface area contributed by atoms with Crippen molar-refractivity contribution in [2.45, 2.75) is 40.3 Å². The lowest BCUT2D eigenvalue weighted by Gasteiger charge is -2.09. The number of aromatic nitrogens is 2. The smallest absolute Gasteiger partial charge is 0.286 e. The molecule has 0 unspecified atom stereocenters. The lowest BCUT2D eigenvalue weighted by atomic mass is 10.2. The van der Waals surface area contributed by atoms with E-state index in [0.717, 1.165) is 29.9 Å². The van der Waals surface area contributed by atoms with Crippen LogP contribution in [-0.4, -0.2) is 22.2 Å². The Hall–Kier alpha value is -2.73. The molecule has 0 fully saturated rings. The zero-order chi connectivity index (χ0) is 20.1. The van der Waals surface area contributed by atoms with Crippen LogP contribution in [0.3, 0.4) is 0 Å². The van der Waals surface area contributed by atoms with Gasteiger partial charge in [-0.1, -0.05) is 23.7 Å². The maximum Gasteiger partial charge on any atom is 0.286 e. The number of aryl methyl sites for hydroxylation is 4. The first-order valence-corrected chi connectivity index (χ1v) is 9.57. The number of nitrogens with one attached hydrogen (secondary N) is 1. The first-order chi connectivity index (χ1) is 13.4. The van der Waals surface area contributed by atoms with Crippen LogP contribution in [0, 0.1) is 20.8 Å². The van der Waals surface area contributed by atoms with E-state index in [-0.39, 0.29) is 18.3 Å². The summed E-state index contributed by atoms with van der Waals surface area (Å²) in [5, 5.41) is 7.82. The van der Waals surface area contributed by atoms with Crippen molar-refractivity contribution >= 4 is 17.5 Å². The van der Waals surface area contributed by atoms with Gasteiger partial charge in [0.2, 0.25) is 0 Å². The summed E-state index contributed by atoms with van der Waals surface area (Å²) in [5.74, 6) is 1.21. The number of ether oxygens (including phenoxy) is 1. The van der Waals surface area contributed by atoms with Gasteiger partial charge in [-0.2, -0.15) is 5.10 Å². The van der Waals surface area contributed by atoms with E-state index in [4.69, 9.17) is 20.8 Å². The fraction of sp³-hybridized carbons (Fsp3) is 0.333.